The zero-order valence-electron chi connectivity index (χ0n) is 11.5. The zero-order valence-corrected chi connectivity index (χ0v) is 12.4. The predicted octanol–water partition coefficient (Wildman–Crippen LogP) is 0.573. The molecule has 0 aliphatic carbocycles. The fourth-order valence-electron chi connectivity index (χ4n) is 2.53. The third-order valence-corrected chi connectivity index (χ3v) is 5.50. The number of aromatic nitrogens is 2. The molecule has 1 aliphatic rings. The number of aryl methyl sites for hydroxylation is 1. The Morgan fingerprint density at radius 1 is 1.58 bits per heavy atom. The molecule has 19 heavy (non-hydrogen) atoms. The second-order valence-corrected chi connectivity index (χ2v) is 6.75. The van der Waals surface area contributed by atoms with Crippen molar-refractivity contribution in [2.75, 3.05) is 19.6 Å². The van der Waals surface area contributed by atoms with Gasteiger partial charge in [-0.15, -0.1) is 0 Å². The Morgan fingerprint density at radius 3 is 2.89 bits per heavy atom. The highest BCUT2D eigenvalue weighted by Gasteiger charge is 2.33. The maximum absolute atomic E-state index is 12.7. The first-order chi connectivity index (χ1) is 9.07. The molecule has 0 amide bonds. The highest BCUT2D eigenvalue weighted by atomic mass is 32.2. The van der Waals surface area contributed by atoms with E-state index in [0.29, 0.717) is 6.54 Å². The van der Waals surface area contributed by atoms with E-state index in [1.165, 1.54) is 10.9 Å². The van der Waals surface area contributed by atoms with Gasteiger partial charge in [0.1, 0.15) is 0 Å². The largest absolute Gasteiger partial charge is 0.315 e. The van der Waals surface area contributed by atoms with E-state index in [1.807, 2.05) is 6.92 Å². The van der Waals surface area contributed by atoms with Gasteiger partial charge in [-0.1, -0.05) is 6.92 Å². The highest BCUT2D eigenvalue weighted by Crippen LogP contribution is 2.21. The molecule has 1 atom stereocenters. The van der Waals surface area contributed by atoms with Gasteiger partial charge in [0.05, 0.1) is 6.20 Å². The Hall–Kier alpha value is -0.920. The van der Waals surface area contributed by atoms with Gasteiger partial charge in [-0.2, -0.15) is 9.40 Å². The van der Waals surface area contributed by atoms with E-state index >= 15 is 0 Å². The molecule has 1 saturated heterocycles. The number of nitrogens with zero attached hydrogens (tertiary/aromatic N) is 3. The van der Waals surface area contributed by atoms with Crippen molar-refractivity contribution in [3.8, 4) is 0 Å². The number of rotatable bonds is 5. The second-order valence-electron chi connectivity index (χ2n) is 4.91. The molecular weight excluding hydrogens is 264 g/mol. The Morgan fingerprint density at radius 2 is 2.37 bits per heavy atom. The molecule has 0 spiro atoms. The minimum Gasteiger partial charge on any atom is -0.315 e. The molecule has 1 N–H and O–H groups in total. The van der Waals surface area contributed by atoms with E-state index in [9.17, 15) is 8.42 Å². The number of sulfonamides is 1. The number of nitrogens with one attached hydrogen (secondary N) is 1. The molecule has 1 aromatic rings. The van der Waals surface area contributed by atoms with Crippen LogP contribution in [0.1, 0.15) is 26.2 Å². The van der Waals surface area contributed by atoms with Crippen LogP contribution in [0.2, 0.25) is 0 Å². The average Bonchev–Trinajstić information content (AvgIpc) is 2.84. The van der Waals surface area contributed by atoms with E-state index < -0.39 is 10.0 Å². The minimum absolute atomic E-state index is 0.0496. The molecule has 108 valence electrons. The van der Waals surface area contributed by atoms with Crippen LogP contribution in [0.4, 0.5) is 0 Å². The van der Waals surface area contributed by atoms with Gasteiger partial charge in [-0.05, 0) is 31.9 Å². The number of piperidine rings is 1. The third-order valence-electron chi connectivity index (χ3n) is 3.47. The van der Waals surface area contributed by atoms with Crippen LogP contribution in [-0.2, 0) is 17.1 Å². The van der Waals surface area contributed by atoms with E-state index in [-0.39, 0.29) is 11.1 Å². The first kappa shape index (κ1) is 14.5. The van der Waals surface area contributed by atoms with Gasteiger partial charge in [-0.3, -0.25) is 4.68 Å². The lowest BCUT2D eigenvalue weighted by molar-refractivity contribution is 0.264. The molecule has 1 fully saturated rings. The van der Waals surface area contributed by atoms with Gasteiger partial charge in [0, 0.05) is 26.2 Å². The van der Waals surface area contributed by atoms with Crippen molar-refractivity contribution in [2.45, 2.75) is 37.3 Å². The first-order valence-corrected chi connectivity index (χ1v) is 8.22. The minimum atomic E-state index is -3.46. The Labute approximate surface area is 114 Å². The van der Waals surface area contributed by atoms with E-state index in [2.05, 4.69) is 10.4 Å². The van der Waals surface area contributed by atoms with Crippen LogP contribution >= 0.6 is 0 Å². The number of hydrogen-bond acceptors (Lipinski definition) is 4. The summed E-state index contributed by atoms with van der Waals surface area (Å²) in [6, 6.07) is 1.61. The van der Waals surface area contributed by atoms with Gasteiger partial charge in [0.15, 0.2) is 5.03 Å². The van der Waals surface area contributed by atoms with E-state index in [1.54, 1.807) is 17.4 Å². The summed E-state index contributed by atoms with van der Waals surface area (Å²) in [6.45, 7) is 4.27. The smallest absolute Gasteiger partial charge is 0.260 e. The molecule has 7 heteroatoms. The molecule has 1 aliphatic heterocycles. The lowest BCUT2D eigenvalue weighted by Gasteiger charge is -2.33. The molecule has 2 rings (SSSR count). The van der Waals surface area contributed by atoms with Crippen LogP contribution in [0.15, 0.2) is 17.3 Å². The Balaban J connectivity index is 2.29. The fourth-order valence-corrected chi connectivity index (χ4v) is 4.38. The van der Waals surface area contributed by atoms with Crippen LogP contribution in [-0.4, -0.2) is 48.2 Å². The number of hydrogen-bond donors (Lipinski definition) is 1. The van der Waals surface area contributed by atoms with Crippen molar-refractivity contribution in [3.63, 3.8) is 0 Å². The Kier molecular flexibility index (Phi) is 4.59. The van der Waals surface area contributed by atoms with Gasteiger partial charge in [-0.25, -0.2) is 8.42 Å². The fraction of sp³-hybridized carbons (Fsp3) is 0.750. The summed E-state index contributed by atoms with van der Waals surface area (Å²) in [7, 11) is -1.79. The lowest BCUT2D eigenvalue weighted by Crippen LogP contribution is -2.49. The average molecular weight is 286 g/mol. The summed E-state index contributed by atoms with van der Waals surface area (Å²) < 4.78 is 28.5. The van der Waals surface area contributed by atoms with Crippen LogP contribution < -0.4 is 5.32 Å². The van der Waals surface area contributed by atoms with Crippen molar-refractivity contribution >= 4 is 10.0 Å². The molecule has 6 nitrogen and oxygen atoms in total. The molecule has 1 unspecified atom stereocenters. The maximum Gasteiger partial charge on any atom is 0.260 e. The highest BCUT2D eigenvalue weighted by molar-refractivity contribution is 7.89. The monoisotopic (exact) mass is 286 g/mol. The van der Waals surface area contributed by atoms with Crippen LogP contribution in [0.5, 0.6) is 0 Å². The molecule has 1 aromatic heterocycles. The maximum atomic E-state index is 12.7. The first-order valence-electron chi connectivity index (χ1n) is 6.78. The summed E-state index contributed by atoms with van der Waals surface area (Å²) in [4.78, 5) is 0. The van der Waals surface area contributed by atoms with Crippen LogP contribution in [0, 0.1) is 0 Å². The van der Waals surface area contributed by atoms with Gasteiger partial charge >= 0.3 is 0 Å². The van der Waals surface area contributed by atoms with Gasteiger partial charge in [0.2, 0.25) is 0 Å². The van der Waals surface area contributed by atoms with Gasteiger partial charge in [0.25, 0.3) is 10.0 Å². The Bertz CT molecular complexity index is 506. The summed E-state index contributed by atoms with van der Waals surface area (Å²) in [5.41, 5.74) is 0. The lowest BCUT2D eigenvalue weighted by atomic mass is 10.1. The van der Waals surface area contributed by atoms with Crippen molar-refractivity contribution in [3.05, 3.63) is 12.3 Å². The summed E-state index contributed by atoms with van der Waals surface area (Å²) >= 11 is 0. The topological polar surface area (TPSA) is 67.2 Å². The third kappa shape index (κ3) is 2.98. The van der Waals surface area contributed by atoms with Crippen LogP contribution in [0.25, 0.3) is 0 Å². The molecular formula is C12H22N4O2S. The quantitative estimate of drug-likeness (QED) is 0.859. The van der Waals surface area contributed by atoms with E-state index in [0.717, 1.165) is 32.4 Å². The summed E-state index contributed by atoms with van der Waals surface area (Å²) in [6.07, 6.45) is 4.28. The molecule has 0 bridgehead atoms. The van der Waals surface area contributed by atoms with Gasteiger partial charge < -0.3 is 5.32 Å². The SMILES string of the molecule is CCCN(C1CCCNC1)S(=O)(=O)c1ccnn1C. The zero-order chi connectivity index (χ0) is 13.9. The molecule has 2 heterocycles. The summed E-state index contributed by atoms with van der Waals surface area (Å²) in [5, 5.41) is 7.51. The molecule has 0 aromatic carbocycles. The van der Waals surface area contributed by atoms with Crippen molar-refractivity contribution in [1.82, 2.24) is 19.4 Å². The predicted molar refractivity (Wildman–Crippen MR) is 73.3 cm³/mol. The van der Waals surface area contributed by atoms with Crippen LogP contribution in [0.3, 0.4) is 0 Å². The summed E-state index contributed by atoms with van der Waals surface area (Å²) in [5.74, 6) is 0. The van der Waals surface area contributed by atoms with E-state index in [4.69, 9.17) is 0 Å². The molecule has 0 radical (unpaired) electrons. The van der Waals surface area contributed by atoms with Crippen molar-refractivity contribution in [1.29, 1.82) is 0 Å². The van der Waals surface area contributed by atoms with Crippen molar-refractivity contribution in [2.24, 2.45) is 7.05 Å². The van der Waals surface area contributed by atoms with Crippen molar-refractivity contribution < 1.29 is 8.42 Å². The standard InChI is InChI=1S/C12H22N4O2S/c1-3-9-16(11-5-4-7-13-10-11)19(17,18)12-6-8-14-15(12)2/h6,8,11,13H,3-5,7,9-10H2,1-2H3. The normalized spacial score (nSPS) is 20.9. The molecule has 0 saturated carbocycles. The second kappa shape index (κ2) is 6.02.